The minimum absolute atomic E-state index is 0.231. The van der Waals surface area contributed by atoms with Crippen LogP contribution in [0, 0.1) is 23.3 Å². The van der Waals surface area contributed by atoms with Crippen LogP contribution < -0.4 is 0 Å². The number of hydrogen-bond donors (Lipinski definition) is 1. The van der Waals surface area contributed by atoms with Gasteiger partial charge in [0.2, 0.25) is 0 Å². The smallest absolute Gasteiger partial charge is 0.336 e. The lowest BCUT2D eigenvalue weighted by atomic mass is 9.99. The van der Waals surface area contributed by atoms with E-state index in [-0.39, 0.29) is 11.1 Å². The summed E-state index contributed by atoms with van der Waals surface area (Å²) in [6.07, 6.45) is 0. The second-order valence-corrected chi connectivity index (χ2v) is 3.70. The van der Waals surface area contributed by atoms with Crippen LogP contribution in [-0.2, 0) is 0 Å². The average Bonchev–Trinajstić information content (AvgIpc) is 2.40. The quantitative estimate of drug-likeness (QED) is 0.514. The number of carboxylic acid groups (broad SMARTS) is 1. The van der Waals surface area contributed by atoms with Gasteiger partial charge in [-0.15, -0.1) is 0 Å². The molecular weight excluding hydrogens is 264 g/mol. The van der Waals surface area contributed by atoms with Crippen LogP contribution in [0.3, 0.4) is 0 Å². The number of carboxylic acids is 1. The molecule has 0 aliphatic carbocycles. The van der Waals surface area contributed by atoms with Crippen molar-refractivity contribution < 1.29 is 27.5 Å². The van der Waals surface area contributed by atoms with Crippen molar-refractivity contribution >= 4 is 5.97 Å². The third-order valence-corrected chi connectivity index (χ3v) is 2.55. The molecule has 0 bridgehead atoms. The number of halogens is 4. The summed E-state index contributed by atoms with van der Waals surface area (Å²) in [6.45, 7) is 0. The van der Waals surface area contributed by atoms with E-state index in [2.05, 4.69) is 0 Å². The number of benzene rings is 2. The molecule has 6 heteroatoms. The Morgan fingerprint density at radius 2 is 1.53 bits per heavy atom. The number of rotatable bonds is 2. The molecule has 0 spiro atoms. The monoisotopic (exact) mass is 270 g/mol. The van der Waals surface area contributed by atoms with Crippen molar-refractivity contribution in [3.05, 3.63) is 59.2 Å². The number of carbonyl (C=O) groups is 1. The lowest BCUT2D eigenvalue weighted by Gasteiger charge is -2.08. The molecule has 0 radical (unpaired) electrons. The molecule has 0 fully saturated rings. The Morgan fingerprint density at radius 1 is 0.895 bits per heavy atom. The third kappa shape index (κ3) is 2.16. The van der Waals surface area contributed by atoms with Gasteiger partial charge in [-0.3, -0.25) is 0 Å². The number of aromatic carboxylic acids is 1. The summed E-state index contributed by atoms with van der Waals surface area (Å²) in [5.41, 5.74) is -1.22. The minimum Gasteiger partial charge on any atom is -0.478 e. The van der Waals surface area contributed by atoms with E-state index in [1.807, 2.05) is 0 Å². The molecule has 2 rings (SSSR count). The third-order valence-electron chi connectivity index (χ3n) is 2.55. The molecular formula is C13H6F4O2. The highest BCUT2D eigenvalue weighted by molar-refractivity contribution is 5.96. The molecule has 98 valence electrons. The molecule has 0 amide bonds. The van der Waals surface area contributed by atoms with Gasteiger partial charge in [0, 0.05) is 5.56 Å². The minimum atomic E-state index is -1.98. The van der Waals surface area contributed by atoms with Crippen LogP contribution >= 0.6 is 0 Å². The fourth-order valence-corrected chi connectivity index (χ4v) is 1.67. The predicted molar refractivity (Wildman–Crippen MR) is 58.7 cm³/mol. The van der Waals surface area contributed by atoms with Crippen molar-refractivity contribution in [2.45, 2.75) is 0 Å². The maximum Gasteiger partial charge on any atom is 0.336 e. The summed E-state index contributed by atoms with van der Waals surface area (Å²) in [7, 11) is 0. The molecule has 0 aliphatic heterocycles. The first-order valence-electron chi connectivity index (χ1n) is 5.09. The summed E-state index contributed by atoms with van der Waals surface area (Å²) in [5, 5.41) is 8.93. The van der Waals surface area contributed by atoms with Crippen molar-refractivity contribution in [3.63, 3.8) is 0 Å². The van der Waals surface area contributed by atoms with Gasteiger partial charge in [0.25, 0.3) is 0 Å². The molecule has 0 heterocycles. The van der Waals surface area contributed by atoms with Gasteiger partial charge in [-0.2, -0.15) is 0 Å². The zero-order chi connectivity index (χ0) is 14.2. The van der Waals surface area contributed by atoms with Crippen molar-refractivity contribution in [2.75, 3.05) is 0 Å². The zero-order valence-corrected chi connectivity index (χ0v) is 9.25. The van der Waals surface area contributed by atoms with Crippen LogP contribution in [0.25, 0.3) is 11.1 Å². The molecule has 0 aliphatic rings. The first kappa shape index (κ1) is 13.1. The number of hydrogen-bond acceptors (Lipinski definition) is 1. The van der Waals surface area contributed by atoms with Gasteiger partial charge in [0.15, 0.2) is 23.3 Å². The van der Waals surface area contributed by atoms with Crippen LogP contribution in [0.1, 0.15) is 10.4 Å². The van der Waals surface area contributed by atoms with Gasteiger partial charge in [-0.05, 0) is 17.7 Å². The van der Waals surface area contributed by atoms with Gasteiger partial charge in [-0.25, -0.2) is 22.4 Å². The van der Waals surface area contributed by atoms with Crippen LogP contribution in [0.4, 0.5) is 17.6 Å². The molecule has 0 saturated heterocycles. The van der Waals surface area contributed by atoms with E-state index >= 15 is 0 Å². The van der Waals surface area contributed by atoms with Crippen LogP contribution in [-0.4, -0.2) is 11.1 Å². The first-order chi connectivity index (χ1) is 8.93. The summed E-state index contributed by atoms with van der Waals surface area (Å²) in [6, 6.07) is 5.51. The highest BCUT2D eigenvalue weighted by atomic mass is 19.2. The Bertz CT molecular complexity index is 668. The zero-order valence-electron chi connectivity index (χ0n) is 9.25. The molecule has 1 N–H and O–H groups in total. The van der Waals surface area contributed by atoms with E-state index in [1.165, 1.54) is 18.2 Å². The Kier molecular flexibility index (Phi) is 3.25. The van der Waals surface area contributed by atoms with E-state index in [4.69, 9.17) is 5.11 Å². The molecule has 0 unspecified atom stereocenters. The molecule has 2 nitrogen and oxygen atoms in total. The van der Waals surface area contributed by atoms with Gasteiger partial charge in [0.1, 0.15) is 0 Å². The Hall–Kier alpha value is -2.37. The van der Waals surface area contributed by atoms with Gasteiger partial charge in [-0.1, -0.05) is 18.2 Å². The first-order valence-corrected chi connectivity index (χ1v) is 5.09. The van der Waals surface area contributed by atoms with Crippen LogP contribution in [0.5, 0.6) is 0 Å². The summed E-state index contributed by atoms with van der Waals surface area (Å²) < 4.78 is 52.7. The maximum absolute atomic E-state index is 13.6. The molecule has 0 atom stereocenters. The van der Waals surface area contributed by atoms with E-state index in [9.17, 15) is 22.4 Å². The Balaban J connectivity index is 2.77. The van der Waals surface area contributed by atoms with Gasteiger partial charge >= 0.3 is 5.97 Å². The second-order valence-electron chi connectivity index (χ2n) is 3.70. The standard InChI is InChI=1S/C13H6F4O2/c14-9-5-8(10(15)12(17)11(9)16)6-3-1-2-4-7(6)13(18)19/h1-5H,(H,18,19). The molecule has 0 saturated carbocycles. The molecule has 0 aromatic heterocycles. The second kappa shape index (κ2) is 4.72. The van der Waals surface area contributed by atoms with E-state index < -0.39 is 34.8 Å². The van der Waals surface area contributed by atoms with E-state index in [0.717, 1.165) is 6.07 Å². The van der Waals surface area contributed by atoms with Crippen molar-refractivity contribution in [3.8, 4) is 11.1 Å². The van der Waals surface area contributed by atoms with Crippen molar-refractivity contribution in [1.82, 2.24) is 0 Å². The molecule has 2 aromatic carbocycles. The summed E-state index contributed by atoms with van der Waals surface area (Å²) in [4.78, 5) is 11.0. The lowest BCUT2D eigenvalue weighted by molar-refractivity contribution is 0.0697. The predicted octanol–water partition coefficient (Wildman–Crippen LogP) is 3.61. The van der Waals surface area contributed by atoms with Crippen molar-refractivity contribution in [2.24, 2.45) is 0 Å². The normalized spacial score (nSPS) is 10.5. The maximum atomic E-state index is 13.6. The summed E-state index contributed by atoms with van der Waals surface area (Å²) >= 11 is 0. The topological polar surface area (TPSA) is 37.3 Å². The fourth-order valence-electron chi connectivity index (χ4n) is 1.67. The van der Waals surface area contributed by atoms with Gasteiger partial charge in [0.05, 0.1) is 5.56 Å². The highest BCUT2D eigenvalue weighted by Gasteiger charge is 2.22. The van der Waals surface area contributed by atoms with E-state index in [1.54, 1.807) is 0 Å². The van der Waals surface area contributed by atoms with E-state index in [0.29, 0.717) is 6.07 Å². The average molecular weight is 270 g/mol. The van der Waals surface area contributed by atoms with Gasteiger partial charge < -0.3 is 5.11 Å². The SMILES string of the molecule is O=C(O)c1ccccc1-c1cc(F)c(F)c(F)c1F. The lowest BCUT2D eigenvalue weighted by Crippen LogP contribution is -2.03. The van der Waals surface area contributed by atoms with Crippen molar-refractivity contribution in [1.29, 1.82) is 0 Å². The fraction of sp³-hybridized carbons (Fsp3) is 0. The Morgan fingerprint density at radius 3 is 2.16 bits per heavy atom. The molecule has 19 heavy (non-hydrogen) atoms. The highest BCUT2D eigenvalue weighted by Crippen LogP contribution is 2.30. The molecule has 2 aromatic rings. The van der Waals surface area contributed by atoms with Crippen LogP contribution in [0.15, 0.2) is 30.3 Å². The summed E-state index contributed by atoms with van der Waals surface area (Å²) in [5.74, 6) is -8.52. The largest absolute Gasteiger partial charge is 0.478 e. The Labute approximate surface area is 104 Å². The van der Waals surface area contributed by atoms with Crippen LogP contribution in [0.2, 0.25) is 0 Å².